The van der Waals surface area contributed by atoms with Gasteiger partial charge in [0.25, 0.3) is 0 Å². The molecule has 0 bridgehead atoms. The van der Waals surface area contributed by atoms with Gasteiger partial charge in [0.05, 0.1) is 31.1 Å². The van der Waals surface area contributed by atoms with Crippen LogP contribution in [0, 0.1) is 0 Å². The molecule has 1 unspecified atom stereocenters. The van der Waals surface area contributed by atoms with Gasteiger partial charge in [0, 0.05) is 31.4 Å². The minimum absolute atomic E-state index is 0.0700. The van der Waals surface area contributed by atoms with E-state index in [4.69, 9.17) is 10.5 Å². The Bertz CT molecular complexity index is 550. The molecule has 3 rings (SSSR count). The lowest BCUT2D eigenvalue weighted by Crippen LogP contribution is -2.48. The molecule has 1 fully saturated rings. The number of morpholine rings is 1. The molecule has 6 heteroatoms. The number of hydrogen-bond acceptors (Lipinski definition) is 5. The summed E-state index contributed by atoms with van der Waals surface area (Å²) in [6.07, 6.45) is 3.90. The maximum atomic E-state index is 5.91. The Kier molecular flexibility index (Phi) is 4.62. The van der Waals surface area contributed by atoms with E-state index in [1.807, 2.05) is 47.4 Å². The highest BCUT2D eigenvalue weighted by molar-refractivity contribution is 5.31. The largest absolute Gasteiger partial charge is 0.379 e. The molecule has 1 aliphatic heterocycles. The molecule has 0 radical (unpaired) electrons. The zero-order valence-corrected chi connectivity index (χ0v) is 12.0. The van der Waals surface area contributed by atoms with Gasteiger partial charge < -0.3 is 10.5 Å². The zero-order valence-electron chi connectivity index (χ0n) is 12.0. The molecule has 1 saturated heterocycles. The topological polar surface area (TPSA) is 68.3 Å². The Labute approximate surface area is 124 Å². The number of nitrogens with two attached hydrogens (primary N) is 1. The molecule has 0 saturated carbocycles. The normalized spacial score (nSPS) is 17.8. The first-order chi connectivity index (χ1) is 10.4. The molecule has 2 heterocycles. The summed E-state index contributed by atoms with van der Waals surface area (Å²) in [6.45, 7) is 3.80. The molecule has 1 aliphatic rings. The third kappa shape index (κ3) is 3.48. The van der Waals surface area contributed by atoms with Crippen molar-refractivity contribution in [1.82, 2.24) is 20.2 Å². The van der Waals surface area contributed by atoms with E-state index in [1.165, 1.54) is 0 Å². The number of rotatable bonds is 5. The van der Waals surface area contributed by atoms with E-state index in [1.54, 1.807) is 0 Å². The predicted molar refractivity (Wildman–Crippen MR) is 80.9 cm³/mol. The summed E-state index contributed by atoms with van der Waals surface area (Å²) in [5.41, 5.74) is 11.5. The van der Waals surface area contributed by atoms with Crippen LogP contribution in [0.4, 0.5) is 0 Å². The Hall–Kier alpha value is -1.73. The fourth-order valence-electron chi connectivity index (χ4n) is 2.41. The summed E-state index contributed by atoms with van der Waals surface area (Å²) in [4.78, 5) is 0. The molecule has 112 valence electrons. The van der Waals surface area contributed by atoms with Crippen molar-refractivity contribution < 1.29 is 4.74 Å². The van der Waals surface area contributed by atoms with Crippen LogP contribution in [0.2, 0.25) is 0 Å². The number of para-hydroxylation sites is 1. The third-order valence-electron chi connectivity index (χ3n) is 3.61. The number of ether oxygens (including phenoxy) is 1. The Balaban J connectivity index is 1.71. The number of hydrazine groups is 1. The maximum absolute atomic E-state index is 5.91. The van der Waals surface area contributed by atoms with E-state index in [0.717, 1.165) is 37.6 Å². The van der Waals surface area contributed by atoms with Gasteiger partial charge >= 0.3 is 0 Å². The van der Waals surface area contributed by atoms with Gasteiger partial charge in [-0.05, 0) is 12.1 Å². The zero-order chi connectivity index (χ0) is 14.5. The molecule has 3 N–H and O–H groups in total. The number of nitrogens with zero attached hydrogens (tertiary/aromatic N) is 3. The first-order valence-corrected chi connectivity index (χ1v) is 7.26. The van der Waals surface area contributed by atoms with Crippen molar-refractivity contribution in [3.05, 3.63) is 48.3 Å². The van der Waals surface area contributed by atoms with Crippen LogP contribution in [0.15, 0.2) is 42.7 Å². The molecule has 1 aromatic carbocycles. The van der Waals surface area contributed by atoms with Crippen LogP contribution in [0.5, 0.6) is 0 Å². The second-order valence-corrected chi connectivity index (χ2v) is 5.07. The van der Waals surface area contributed by atoms with Crippen LogP contribution in [0.1, 0.15) is 11.6 Å². The first kappa shape index (κ1) is 14.2. The number of aromatic nitrogens is 2. The maximum Gasteiger partial charge on any atom is 0.0645 e. The molecule has 1 atom stereocenters. The van der Waals surface area contributed by atoms with Gasteiger partial charge in [-0.25, -0.2) is 15.1 Å². The van der Waals surface area contributed by atoms with Crippen LogP contribution in [0.3, 0.4) is 0 Å². The van der Waals surface area contributed by atoms with Gasteiger partial charge in [0.2, 0.25) is 0 Å². The smallest absolute Gasteiger partial charge is 0.0645 e. The van der Waals surface area contributed by atoms with Gasteiger partial charge in [-0.3, -0.25) is 0 Å². The summed E-state index contributed by atoms with van der Waals surface area (Å²) in [7, 11) is 0. The molecule has 0 spiro atoms. The van der Waals surface area contributed by atoms with E-state index in [2.05, 4.69) is 15.5 Å². The third-order valence-corrected chi connectivity index (χ3v) is 3.61. The predicted octanol–water partition coefficient (Wildman–Crippen LogP) is 0.709. The SMILES string of the molecule is NCC(NN1CCOCC1)c1cnn(-c2ccccc2)c1. The van der Waals surface area contributed by atoms with Gasteiger partial charge in [-0.15, -0.1) is 0 Å². The van der Waals surface area contributed by atoms with Crippen molar-refractivity contribution in [3.63, 3.8) is 0 Å². The van der Waals surface area contributed by atoms with Crippen molar-refractivity contribution >= 4 is 0 Å². The van der Waals surface area contributed by atoms with E-state index in [9.17, 15) is 0 Å². The van der Waals surface area contributed by atoms with Crippen LogP contribution < -0.4 is 11.2 Å². The number of hydrogen-bond donors (Lipinski definition) is 2. The van der Waals surface area contributed by atoms with E-state index < -0.39 is 0 Å². The minimum Gasteiger partial charge on any atom is -0.379 e. The standard InChI is InChI=1S/C15H21N5O/c16-10-15(18-19-6-8-21-9-7-19)13-11-17-20(12-13)14-4-2-1-3-5-14/h1-5,11-12,15,18H,6-10,16H2. The highest BCUT2D eigenvalue weighted by Gasteiger charge is 2.17. The van der Waals surface area contributed by atoms with Crippen molar-refractivity contribution in [2.24, 2.45) is 5.73 Å². The Morgan fingerprint density at radius 1 is 1.24 bits per heavy atom. The molecule has 2 aromatic rings. The van der Waals surface area contributed by atoms with E-state index in [-0.39, 0.29) is 6.04 Å². The van der Waals surface area contributed by atoms with Crippen LogP contribution in [-0.4, -0.2) is 47.6 Å². The summed E-state index contributed by atoms with van der Waals surface area (Å²) < 4.78 is 7.23. The molecule has 6 nitrogen and oxygen atoms in total. The monoisotopic (exact) mass is 287 g/mol. The fourth-order valence-corrected chi connectivity index (χ4v) is 2.41. The molecule has 0 aliphatic carbocycles. The van der Waals surface area contributed by atoms with Crippen LogP contribution >= 0.6 is 0 Å². The van der Waals surface area contributed by atoms with Crippen molar-refractivity contribution in [2.75, 3.05) is 32.8 Å². The number of benzene rings is 1. The fraction of sp³-hybridized carbons (Fsp3) is 0.400. The number of nitrogens with one attached hydrogen (secondary N) is 1. The highest BCUT2D eigenvalue weighted by Crippen LogP contribution is 2.14. The lowest BCUT2D eigenvalue weighted by molar-refractivity contribution is 0.00405. The van der Waals surface area contributed by atoms with Crippen LogP contribution in [0.25, 0.3) is 5.69 Å². The molecule has 21 heavy (non-hydrogen) atoms. The van der Waals surface area contributed by atoms with E-state index >= 15 is 0 Å². The van der Waals surface area contributed by atoms with Gasteiger partial charge in [-0.1, -0.05) is 18.2 Å². The van der Waals surface area contributed by atoms with Crippen LogP contribution in [-0.2, 0) is 4.74 Å². The molecular formula is C15H21N5O. The Morgan fingerprint density at radius 3 is 2.71 bits per heavy atom. The minimum atomic E-state index is 0.0700. The van der Waals surface area contributed by atoms with Gasteiger partial charge in [0.15, 0.2) is 0 Å². The Morgan fingerprint density at radius 2 is 2.00 bits per heavy atom. The van der Waals surface area contributed by atoms with Crippen molar-refractivity contribution in [2.45, 2.75) is 6.04 Å². The quantitative estimate of drug-likeness (QED) is 0.847. The lowest BCUT2D eigenvalue weighted by Gasteiger charge is -2.30. The van der Waals surface area contributed by atoms with Gasteiger partial charge in [0.1, 0.15) is 0 Å². The average Bonchev–Trinajstić information content (AvgIpc) is 3.04. The van der Waals surface area contributed by atoms with Crippen molar-refractivity contribution in [1.29, 1.82) is 0 Å². The summed E-state index contributed by atoms with van der Waals surface area (Å²) in [5, 5.41) is 6.59. The van der Waals surface area contributed by atoms with E-state index in [0.29, 0.717) is 6.54 Å². The summed E-state index contributed by atoms with van der Waals surface area (Å²) >= 11 is 0. The van der Waals surface area contributed by atoms with Gasteiger partial charge in [-0.2, -0.15) is 5.10 Å². The highest BCUT2D eigenvalue weighted by atomic mass is 16.5. The molecule has 1 aromatic heterocycles. The summed E-state index contributed by atoms with van der Waals surface area (Å²) in [6, 6.07) is 10.1. The summed E-state index contributed by atoms with van der Waals surface area (Å²) in [5.74, 6) is 0. The van der Waals surface area contributed by atoms with Crippen molar-refractivity contribution in [3.8, 4) is 5.69 Å². The lowest BCUT2D eigenvalue weighted by atomic mass is 10.2. The molecular weight excluding hydrogens is 266 g/mol. The second-order valence-electron chi connectivity index (χ2n) is 5.07. The average molecular weight is 287 g/mol. The second kappa shape index (κ2) is 6.82. The molecule has 0 amide bonds. The first-order valence-electron chi connectivity index (χ1n) is 7.26.